The summed E-state index contributed by atoms with van der Waals surface area (Å²) in [6.07, 6.45) is 6.59. The quantitative estimate of drug-likeness (QED) is 0.803. The molecule has 2 N–H and O–H groups in total. The number of carbonyl (C=O) groups is 1. The van der Waals surface area contributed by atoms with Crippen LogP contribution in [0.2, 0.25) is 0 Å². The summed E-state index contributed by atoms with van der Waals surface area (Å²) in [7, 11) is 1.76. The summed E-state index contributed by atoms with van der Waals surface area (Å²) in [6.45, 7) is 0.329. The Labute approximate surface area is 95.2 Å². The second-order valence-corrected chi connectivity index (χ2v) is 4.18. The lowest BCUT2D eigenvalue weighted by atomic mass is 10.2. The van der Waals surface area contributed by atoms with Crippen LogP contribution >= 0.6 is 0 Å². The smallest absolute Gasteiger partial charge is 0.239 e. The first-order chi connectivity index (χ1) is 7.81. The molecule has 0 saturated heterocycles. The largest absolute Gasteiger partial charge is 0.311 e. The molecule has 1 aliphatic carbocycles. The Hall–Kier alpha value is -1.36. The summed E-state index contributed by atoms with van der Waals surface area (Å²) in [5.41, 5.74) is 0. The van der Waals surface area contributed by atoms with Crippen molar-refractivity contribution in [3.8, 4) is 0 Å². The maximum Gasteiger partial charge on any atom is 0.239 e. The minimum Gasteiger partial charge on any atom is -0.311 e. The zero-order valence-corrected chi connectivity index (χ0v) is 9.57. The third-order valence-corrected chi connectivity index (χ3v) is 2.95. The summed E-state index contributed by atoms with van der Waals surface area (Å²) in [5.74, 6) is 0.786. The monoisotopic (exact) mass is 222 g/mol. The summed E-state index contributed by atoms with van der Waals surface area (Å²) < 4.78 is 1.94. The average Bonchev–Trinajstić information content (AvgIpc) is 2.86. The predicted octanol–water partition coefficient (Wildman–Crippen LogP) is 1.16. The van der Waals surface area contributed by atoms with Gasteiger partial charge < -0.3 is 10.6 Å². The van der Waals surface area contributed by atoms with Crippen LogP contribution in [0.15, 0.2) is 12.3 Å². The Morgan fingerprint density at radius 2 is 2.31 bits per heavy atom. The molecule has 1 heterocycles. The predicted molar refractivity (Wildman–Crippen MR) is 62.3 cm³/mol. The highest BCUT2D eigenvalue weighted by Gasteiger charge is 2.20. The van der Waals surface area contributed by atoms with Gasteiger partial charge in [0.05, 0.1) is 18.8 Å². The molecule has 1 aliphatic rings. The molecule has 0 radical (unpaired) electrons. The highest BCUT2D eigenvalue weighted by atomic mass is 16.2. The molecule has 88 valence electrons. The molecule has 0 atom stereocenters. The third kappa shape index (κ3) is 2.41. The molecule has 1 fully saturated rings. The van der Waals surface area contributed by atoms with Crippen molar-refractivity contribution >= 4 is 11.7 Å². The summed E-state index contributed by atoms with van der Waals surface area (Å²) in [6, 6.07) is 2.31. The lowest BCUT2D eigenvalue weighted by Crippen LogP contribution is -2.26. The van der Waals surface area contributed by atoms with Crippen LogP contribution in [0.5, 0.6) is 0 Å². The summed E-state index contributed by atoms with van der Waals surface area (Å²) in [4.78, 5) is 11.5. The number of nitrogens with zero attached hydrogens (tertiary/aromatic N) is 2. The minimum absolute atomic E-state index is 0.0257. The number of rotatable bonds is 4. The molecule has 16 heavy (non-hydrogen) atoms. The van der Waals surface area contributed by atoms with Crippen LogP contribution in [0.1, 0.15) is 31.7 Å². The fourth-order valence-corrected chi connectivity index (χ4v) is 2.20. The van der Waals surface area contributed by atoms with Crippen LogP contribution < -0.4 is 10.6 Å². The van der Waals surface area contributed by atoms with Crippen molar-refractivity contribution in [2.45, 2.75) is 31.7 Å². The zero-order valence-electron chi connectivity index (χ0n) is 9.57. The highest BCUT2D eigenvalue weighted by molar-refractivity contribution is 5.91. The number of aromatic nitrogens is 2. The Balaban J connectivity index is 2.03. The van der Waals surface area contributed by atoms with E-state index in [9.17, 15) is 4.79 Å². The zero-order chi connectivity index (χ0) is 11.4. The molecule has 1 saturated carbocycles. The fraction of sp³-hybridized carbons (Fsp3) is 0.636. The molecule has 0 spiro atoms. The van der Waals surface area contributed by atoms with Crippen molar-refractivity contribution in [3.05, 3.63) is 12.3 Å². The highest BCUT2D eigenvalue weighted by Crippen LogP contribution is 2.31. The van der Waals surface area contributed by atoms with E-state index < -0.39 is 0 Å². The first-order valence-corrected chi connectivity index (χ1v) is 5.79. The second kappa shape index (κ2) is 5.12. The lowest BCUT2D eigenvalue weighted by molar-refractivity contribution is -0.115. The molecule has 0 unspecified atom stereocenters. The SMILES string of the molecule is CNCC(=O)Nc1ccnn1C1CCCC1. The van der Waals surface area contributed by atoms with E-state index in [2.05, 4.69) is 15.7 Å². The van der Waals surface area contributed by atoms with E-state index in [-0.39, 0.29) is 5.91 Å². The van der Waals surface area contributed by atoms with Gasteiger partial charge in [-0.15, -0.1) is 0 Å². The molecule has 0 bridgehead atoms. The average molecular weight is 222 g/mol. The van der Waals surface area contributed by atoms with Crippen LogP contribution in [0.25, 0.3) is 0 Å². The van der Waals surface area contributed by atoms with Gasteiger partial charge in [0.25, 0.3) is 0 Å². The topological polar surface area (TPSA) is 59.0 Å². The number of carbonyl (C=O) groups excluding carboxylic acids is 1. The van der Waals surface area contributed by atoms with Gasteiger partial charge in [-0.05, 0) is 19.9 Å². The molecule has 5 nitrogen and oxygen atoms in total. The van der Waals surface area contributed by atoms with Crippen molar-refractivity contribution in [2.24, 2.45) is 0 Å². The summed E-state index contributed by atoms with van der Waals surface area (Å²) >= 11 is 0. The lowest BCUT2D eigenvalue weighted by Gasteiger charge is -2.14. The standard InChI is InChI=1S/C11H18N4O/c1-12-8-11(16)14-10-6-7-13-15(10)9-4-2-3-5-9/h6-7,9,12H,2-5,8H2,1H3,(H,14,16). The third-order valence-electron chi connectivity index (χ3n) is 2.95. The van der Waals surface area contributed by atoms with Crippen molar-refractivity contribution in [3.63, 3.8) is 0 Å². The van der Waals surface area contributed by atoms with E-state index in [1.54, 1.807) is 13.2 Å². The number of hydrogen-bond donors (Lipinski definition) is 2. The first kappa shape index (κ1) is 11.1. The van der Waals surface area contributed by atoms with Gasteiger partial charge in [0, 0.05) is 6.07 Å². The van der Waals surface area contributed by atoms with Crippen LogP contribution in [-0.2, 0) is 4.79 Å². The van der Waals surface area contributed by atoms with Gasteiger partial charge in [-0.3, -0.25) is 4.79 Å². The molecule has 2 rings (SSSR count). The second-order valence-electron chi connectivity index (χ2n) is 4.18. The van der Waals surface area contributed by atoms with Crippen LogP contribution in [0.3, 0.4) is 0 Å². The Kier molecular flexibility index (Phi) is 3.56. The van der Waals surface area contributed by atoms with Gasteiger partial charge in [-0.1, -0.05) is 12.8 Å². The Morgan fingerprint density at radius 1 is 1.56 bits per heavy atom. The van der Waals surface area contributed by atoms with Crippen LogP contribution in [0, 0.1) is 0 Å². The Bertz CT molecular complexity index is 355. The molecule has 1 aromatic heterocycles. The van der Waals surface area contributed by atoms with Crippen molar-refractivity contribution in [1.82, 2.24) is 15.1 Å². The molecule has 0 aromatic carbocycles. The molecule has 5 heteroatoms. The minimum atomic E-state index is -0.0257. The van der Waals surface area contributed by atoms with Gasteiger partial charge in [0.15, 0.2) is 0 Å². The van der Waals surface area contributed by atoms with Crippen molar-refractivity contribution < 1.29 is 4.79 Å². The van der Waals surface area contributed by atoms with Gasteiger partial charge in [-0.25, -0.2) is 4.68 Å². The van der Waals surface area contributed by atoms with Gasteiger partial charge in [0.2, 0.25) is 5.91 Å². The van der Waals surface area contributed by atoms with Crippen molar-refractivity contribution in [2.75, 3.05) is 18.9 Å². The Morgan fingerprint density at radius 3 is 3.00 bits per heavy atom. The number of nitrogens with one attached hydrogen (secondary N) is 2. The number of amides is 1. The maximum absolute atomic E-state index is 11.5. The van der Waals surface area contributed by atoms with Crippen LogP contribution in [0.4, 0.5) is 5.82 Å². The number of hydrogen-bond acceptors (Lipinski definition) is 3. The van der Waals surface area contributed by atoms with Gasteiger partial charge in [0.1, 0.15) is 5.82 Å². The van der Waals surface area contributed by atoms with E-state index in [0.717, 1.165) is 18.7 Å². The normalized spacial score (nSPS) is 16.6. The van der Waals surface area contributed by atoms with E-state index >= 15 is 0 Å². The fourth-order valence-electron chi connectivity index (χ4n) is 2.20. The molecule has 0 aliphatic heterocycles. The molecule has 1 amide bonds. The maximum atomic E-state index is 11.5. The van der Waals surface area contributed by atoms with E-state index in [4.69, 9.17) is 0 Å². The summed E-state index contributed by atoms with van der Waals surface area (Å²) in [5, 5.41) is 9.99. The van der Waals surface area contributed by atoms with E-state index in [1.807, 2.05) is 10.7 Å². The van der Waals surface area contributed by atoms with Crippen molar-refractivity contribution in [1.29, 1.82) is 0 Å². The molecule has 1 aromatic rings. The molecular formula is C11H18N4O. The van der Waals surface area contributed by atoms with E-state index in [0.29, 0.717) is 12.6 Å². The van der Waals surface area contributed by atoms with Crippen LogP contribution in [-0.4, -0.2) is 29.3 Å². The number of likely N-dealkylation sites (N-methyl/N-ethyl adjacent to an activating group) is 1. The molecular weight excluding hydrogens is 204 g/mol. The number of anilines is 1. The van der Waals surface area contributed by atoms with Gasteiger partial charge in [-0.2, -0.15) is 5.10 Å². The van der Waals surface area contributed by atoms with Gasteiger partial charge >= 0.3 is 0 Å². The van der Waals surface area contributed by atoms with E-state index in [1.165, 1.54) is 12.8 Å². The first-order valence-electron chi connectivity index (χ1n) is 5.79.